The first-order valence-corrected chi connectivity index (χ1v) is 8.08. The molecule has 1 fully saturated rings. The van der Waals surface area contributed by atoms with Gasteiger partial charge in [0.2, 0.25) is 0 Å². The van der Waals surface area contributed by atoms with Gasteiger partial charge in [0.1, 0.15) is 6.10 Å². The van der Waals surface area contributed by atoms with Crippen LogP contribution in [0.15, 0.2) is 0 Å². The molecule has 0 amide bonds. The molecule has 6 heteroatoms. The molecule has 5 nitrogen and oxygen atoms in total. The molecule has 1 heterocycles. The van der Waals surface area contributed by atoms with Crippen molar-refractivity contribution < 1.29 is 22.8 Å². The third kappa shape index (κ3) is 4.01. The molecule has 0 radical (unpaired) electrons. The topological polar surface area (TPSA) is 49.5 Å². The lowest BCUT2D eigenvalue weighted by Crippen LogP contribution is -2.52. The minimum absolute atomic E-state index is 0.120. The van der Waals surface area contributed by atoms with E-state index in [1.807, 2.05) is 0 Å². The van der Waals surface area contributed by atoms with Crippen LogP contribution in [0.25, 0.3) is 0 Å². The number of ether oxygens (including phenoxy) is 2. The summed E-state index contributed by atoms with van der Waals surface area (Å²) >= 11 is 0. The van der Waals surface area contributed by atoms with Crippen molar-refractivity contribution in [2.75, 3.05) is 41.2 Å². The Hall–Kier alpha value is 0.0169. The van der Waals surface area contributed by atoms with E-state index < -0.39 is 8.80 Å². The average molecular weight is 278 g/mol. The number of hydrogen-bond donors (Lipinski definition) is 0. The molecule has 1 saturated heterocycles. The molecule has 18 heavy (non-hydrogen) atoms. The van der Waals surface area contributed by atoms with Crippen molar-refractivity contribution in [3.05, 3.63) is 0 Å². The molecule has 1 aliphatic rings. The normalized spacial score (nSPS) is 20.2. The molecule has 1 atom stereocenters. The van der Waals surface area contributed by atoms with Crippen molar-refractivity contribution in [1.29, 1.82) is 0 Å². The van der Waals surface area contributed by atoms with Gasteiger partial charge in [-0.1, -0.05) is 13.8 Å². The first kappa shape index (κ1) is 16.1. The Balaban J connectivity index is 2.30. The van der Waals surface area contributed by atoms with Gasteiger partial charge in [0.15, 0.2) is 0 Å². The Morgan fingerprint density at radius 1 is 1.17 bits per heavy atom. The summed E-state index contributed by atoms with van der Waals surface area (Å²) in [4.78, 5) is 0. The minimum Gasteiger partial charge on any atom is -0.379 e. The van der Waals surface area contributed by atoms with E-state index in [1.54, 1.807) is 21.3 Å². The Morgan fingerprint density at radius 2 is 1.72 bits per heavy atom. The van der Waals surface area contributed by atoms with Crippen LogP contribution in [-0.2, 0) is 22.8 Å². The second-order valence-corrected chi connectivity index (χ2v) is 8.88. The molecule has 0 aliphatic carbocycles. The summed E-state index contributed by atoms with van der Waals surface area (Å²) in [7, 11) is 2.37. The van der Waals surface area contributed by atoms with Gasteiger partial charge in [0.25, 0.3) is 0 Å². The van der Waals surface area contributed by atoms with Crippen LogP contribution in [0, 0.1) is 0 Å². The molecular weight excluding hydrogens is 252 g/mol. The molecule has 1 rings (SSSR count). The standard InChI is InChI=1S/C12H26O5Si/c1-12(2,18(13-3,14-4)15-5)7-6-8-16-9-11-10-17-11/h11H,6-10H2,1-5H3. The van der Waals surface area contributed by atoms with Gasteiger partial charge in [-0.15, -0.1) is 0 Å². The molecule has 0 aromatic heterocycles. The van der Waals surface area contributed by atoms with E-state index >= 15 is 0 Å². The maximum atomic E-state index is 5.54. The zero-order valence-electron chi connectivity index (χ0n) is 12.2. The third-order valence-corrected chi connectivity index (χ3v) is 6.95. The smallest absolute Gasteiger partial charge is 0.379 e. The molecule has 0 saturated carbocycles. The van der Waals surface area contributed by atoms with Crippen LogP contribution in [-0.4, -0.2) is 56.1 Å². The van der Waals surface area contributed by atoms with E-state index in [1.165, 1.54) is 0 Å². The lowest BCUT2D eigenvalue weighted by molar-refractivity contribution is 0.0832. The maximum absolute atomic E-state index is 5.54. The zero-order valence-corrected chi connectivity index (χ0v) is 13.2. The summed E-state index contributed by atoms with van der Waals surface area (Å²) in [5, 5.41) is -0.120. The van der Waals surface area contributed by atoms with Crippen LogP contribution in [0.3, 0.4) is 0 Å². The Bertz CT molecular complexity index is 230. The lowest BCUT2D eigenvalue weighted by Gasteiger charge is -2.38. The number of hydrogen-bond acceptors (Lipinski definition) is 5. The zero-order chi connectivity index (χ0) is 13.6. The SMILES string of the molecule is CO[Si](OC)(OC)C(C)(C)CCCOCC1CO1. The third-order valence-electron chi connectivity index (χ3n) is 3.43. The first-order valence-electron chi connectivity index (χ1n) is 6.36. The molecule has 0 aromatic carbocycles. The van der Waals surface area contributed by atoms with Crippen LogP contribution in [0.2, 0.25) is 5.04 Å². The number of rotatable bonds is 10. The monoisotopic (exact) mass is 278 g/mol. The summed E-state index contributed by atoms with van der Waals surface area (Å²) in [6, 6.07) is 0. The van der Waals surface area contributed by atoms with E-state index in [-0.39, 0.29) is 5.04 Å². The minimum atomic E-state index is -2.59. The average Bonchev–Trinajstić information content (AvgIpc) is 3.15. The van der Waals surface area contributed by atoms with Gasteiger partial charge in [0.05, 0.1) is 13.2 Å². The maximum Gasteiger partial charge on any atom is 0.506 e. The quantitative estimate of drug-likeness (QED) is 0.347. The summed E-state index contributed by atoms with van der Waals surface area (Å²) in [5.41, 5.74) is 0. The van der Waals surface area contributed by atoms with Crippen molar-refractivity contribution in [2.45, 2.75) is 37.8 Å². The molecule has 0 spiro atoms. The Morgan fingerprint density at radius 3 is 2.17 bits per heavy atom. The highest BCUT2D eigenvalue weighted by Gasteiger charge is 2.53. The molecule has 108 valence electrons. The number of epoxide rings is 1. The van der Waals surface area contributed by atoms with Crippen LogP contribution in [0.5, 0.6) is 0 Å². The van der Waals surface area contributed by atoms with Gasteiger partial charge in [-0.2, -0.15) is 0 Å². The molecular formula is C12H26O5Si. The van der Waals surface area contributed by atoms with Crippen LogP contribution >= 0.6 is 0 Å². The fourth-order valence-corrected chi connectivity index (χ4v) is 4.87. The molecule has 0 N–H and O–H groups in total. The van der Waals surface area contributed by atoms with Crippen LogP contribution in [0.4, 0.5) is 0 Å². The van der Waals surface area contributed by atoms with Gasteiger partial charge in [-0.25, -0.2) is 0 Å². The van der Waals surface area contributed by atoms with Crippen molar-refractivity contribution in [3.8, 4) is 0 Å². The summed E-state index contributed by atoms with van der Waals surface area (Å²) < 4.78 is 27.2. The van der Waals surface area contributed by atoms with Crippen molar-refractivity contribution in [3.63, 3.8) is 0 Å². The van der Waals surface area contributed by atoms with Crippen LogP contribution in [0.1, 0.15) is 26.7 Å². The van der Waals surface area contributed by atoms with E-state index in [0.29, 0.717) is 12.7 Å². The highest BCUT2D eigenvalue weighted by molar-refractivity contribution is 6.64. The molecule has 0 bridgehead atoms. The van der Waals surface area contributed by atoms with Gasteiger partial charge >= 0.3 is 8.80 Å². The Labute approximate surface area is 111 Å². The molecule has 0 aromatic rings. The molecule has 1 unspecified atom stereocenters. The fraction of sp³-hybridized carbons (Fsp3) is 1.00. The second-order valence-electron chi connectivity index (χ2n) is 5.19. The predicted molar refractivity (Wildman–Crippen MR) is 70.6 cm³/mol. The first-order chi connectivity index (χ1) is 8.51. The van der Waals surface area contributed by atoms with Crippen molar-refractivity contribution in [1.82, 2.24) is 0 Å². The summed E-state index contributed by atoms with van der Waals surface area (Å²) in [5.74, 6) is 0. The van der Waals surface area contributed by atoms with Crippen molar-refractivity contribution in [2.24, 2.45) is 0 Å². The van der Waals surface area contributed by atoms with E-state index in [0.717, 1.165) is 26.1 Å². The lowest BCUT2D eigenvalue weighted by atomic mass is 10.1. The Kier molecular flexibility index (Phi) is 6.23. The van der Waals surface area contributed by atoms with Crippen molar-refractivity contribution >= 4 is 8.80 Å². The second kappa shape index (κ2) is 6.98. The predicted octanol–water partition coefficient (Wildman–Crippen LogP) is 1.84. The van der Waals surface area contributed by atoms with Gasteiger partial charge in [-0.3, -0.25) is 0 Å². The fourth-order valence-electron chi connectivity index (χ4n) is 2.23. The van der Waals surface area contributed by atoms with E-state index in [2.05, 4.69) is 13.8 Å². The van der Waals surface area contributed by atoms with E-state index in [4.69, 9.17) is 22.8 Å². The van der Waals surface area contributed by atoms with Gasteiger partial charge in [-0.05, 0) is 12.8 Å². The van der Waals surface area contributed by atoms with E-state index in [9.17, 15) is 0 Å². The van der Waals surface area contributed by atoms with Gasteiger partial charge in [0, 0.05) is 33.0 Å². The highest BCUT2D eigenvalue weighted by atomic mass is 28.4. The highest BCUT2D eigenvalue weighted by Crippen LogP contribution is 2.42. The largest absolute Gasteiger partial charge is 0.506 e. The summed E-state index contributed by atoms with van der Waals surface area (Å²) in [6.45, 7) is 6.55. The van der Waals surface area contributed by atoms with Gasteiger partial charge < -0.3 is 22.8 Å². The molecule has 1 aliphatic heterocycles. The summed E-state index contributed by atoms with van der Waals surface area (Å²) in [6.07, 6.45) is 2.24. The van der Waals surface area contributed by atoms with Crippen LogP contribution < -0.4 is 0 Å².